The second-order valence-electron chi connectivity index (χ2n) is 3.35. The lowest BCUT2D eigenvalue weighted by Gasteiger charge is -2.08. The van der Waals surface area contributed by atoms with Crippen LogP contribution in [0.4, 0.5) is 0 Å². The van der Waals surface area contributed by atoms with Crippen molar-refractivity contribution < 1.29 is 14.4 Å². The molecule has 0 aliphatic carbocycles. The molecule has 0 saturated carbocycles. The first kappa shape index (κ1) is 13.0. The molecule has 0 heterocycles. The molecular weight excluding hydrogens is 222 g/mol. The van der Waals surface area contributed by atoms with Crippen molar-refractivity contribution in [2.24, 2.45) is 0 Å². The molecule has 17 heavy (non-hydrogen) atoms. The molecule has 1 aromatic rings. The number of benzene rings is 1. The second-order valence-corrected chi connectivity index (χ2v) is 3.35. The maximum absolute atomic E-state index is 10.3. The van der Waals surface area contributed by atoms with Gasteiger partial charge in [-0.1, -0.05) is 6.92 Å². The third kappa shape index (κ3) is 4.14. The highest BCUT2D eigenvalue weighted by molar-refractivity contribution is 5.58. The first-order valence-electron chi connectivity index (χ1n) is 5.30. The Kier molecular flexibility index (Phi) is 5.00. The zero-order chi connectivity index (χ0) is 12.7. The summed E-state index contributed by atoms with van der Waals surface area (Å²) in [5.41, 5.74) is 0.623. The smallest absolute Gasteiger partial charge is 0.235 e. The van der Waals surface area contributed by atoms with Crippen molar-refractivity contribution in [2.45, 2.75) is 13.3 Å². The SMILES string of the molecule is CCCOc1ccc(OC)c(/C=C/[N+](=O)[O-])c1. The number of rotatable bonds is 6. The first-order valence-corrected chi connectivity index (χ1v) is 5.30. The van der Waals surface area contributed by atoms with E-state index in [0.29, 0.717) is 23.7 Å². The maximum Gasteiger partial charge on any atom is 0.235 e. The Morgan fingerprint density at radius 1 is 1.47 bits per heavy atom. The van der Waals surface area contributed by atoms with E-state index in [1.54, 1.807) is 18.2 Å². The summed E-state index contributed by atoms with van der Waals surface area (Å²) in [6, 6.07) is 5.22. The monoisotopic (exact) mass is 237 g/mol. The van der Waals surface area contributed by atoms with Crippen molar-refractivity contribution in [1.82, 2.24) is 0 Å². The van der Waals surface area contributed by atoms with Crippen LogP contribution in [0.25, 0.3) is 6.08 Å². The molecule has 0 amide bonds. The highest BCUT2D eigenvalue weighted by Gasteiger charge is 2.03. The van der Waals surface area contributed by atoms with Crippen molar-refractivity contribution in [3.8, 4) is 11.5 Å². The Labute approximate surface area is 99.8 Å². The topological polar surface area (TPSA) is 61.6 Å². The van der Waals surface area contributed by atoms with Crippen LogP contribution in [0, 0.1) is 10.1 Å². The molecule has 92 valence electrons. The molecule has 0 radical (unpaired) electrons. The summed E-state index contributed by atoms with van der Waals surface area (Å²) in [7, 11) is 1.52. The Morgan fingerprint density at radius 2 is 2.24 bits per heavy atom. The second kappa shape index (κ2) is 6.52. The van der Waals surface area contributed by atoms with Gasteiger partial charge in [-0.25, -0.2) is 0 Å². The molecule has 0 fully saturated rings. The first-order chi connectivity index (χ1) is 8.17. The van der Waals surface area contributed by atoms with Gasteiger partial charge < -0.3 is 9.47 Å². The molecule has 5 heteroatoms. The quantitative estimate of drug-likeness (QED) is 0.563. The van der Waals surface area contributed by atoms with E-state index in [0.717, 1.165) is 12.6 Å². The van der Waals surface area contributed by atoms with Crippen LogP contribution < -0.4 is 9.47 Å². The highest BCUT2D eigenvalue weighted by atomic mass is 16.6. The van der Waals surface area contributed by atoms with Crippen LogP contribution in [-0.4, -0.2) is 18.6 Å². The van der Waals surface area contributed by atoms with E-state index in [1.807, 2.05) is 6.92 Å². The van der Waals surface area contributed by atoms with Crippen molar-refractivity contribution >= 4 is 6.08 Å². The van der Waals surface area contributed by atoms with E-state index < -0.39 is 4.92 Å². The number of nitrogens with zero attached hydrogens (tertiary/aromatic N) is 1. The average molecular weight is 237 g/mol. The summed E-state index contributed by atoms with van der Waals surface area (Å²) in [5, 5.41) is 10.3. The zero-order valence-electron chi connectivity index (χ0n) is 9.88. The van der Waals surface area contributed by atoms with Gasteiger partial charge in [0, 0.05) is 11.6 Å². The van der Waals surface area contributed by atoms with Crippen LogP contribution in [0.1, 0.15) is 18.9 Å². The van der Waals surface area contributed by atoms with E-state index in [4.69, 9.17) is 9.47 Å². The third-order valence-corrected chi connectivity index (χ3v) is 2.05. The lowest BCUT2D eigenvalue weighted by molar-refractivity contribution is -0.400. The summed E-state index contributed by atoms with van der Waals surface area (Å²) in [4.78, 5) is 9.76. The maximum atomic E-state index is 10.3. The molecule has 0 unspecified atom stereocenters. The summed E-state index contributed by atoms with van der Waals surface area (Å²) < 4.78 is 10.6. The van der Waals surface area contributed by atoms with Crippen molar-refractivity contribution in [3.05, 3.63) is 40.1 Å². The molecular formula is C12H15NO4. The number of hydrogen-bond donors (Lipinski definition) is 0. The molecule has 0 aliphatic rings. The molecule has 0 spiro atoms. The zero-order valence-corrected chi connectivity index (χ0v) is 9.88. The molecule has 1 rings (SSSR count). The number of methoxy groups -OCH3 is 1. The fourth-order valence-electron chi connectivity index (χ4n) is 1.29. The predicted molar refractivity (Wildman–Crippen MR) is 64.8 cm³/mol. The number of hydrogen-bond acceptors (Lipinski definition) is 4. The summed E-state index contributed by atoms with van der Waals surface area (Å²) >= 11 is 0. The average Bonchev–Trinajstić information content (AvgIpc) is 2.33. The van der Waals surface area contributed by atoms with Gasteiger partial charge >= 0.3 is 0 Å². The molecule has 0 bridgehead atoms. The molecule has 0 N–H and O–H groups in total. The number of nitro groups is 1. The fourth-order valence-corrected chi connectivity index (χ4v) is 1.29. The lowest BCUT2D eigenvalue weighted by atomic mass is 10.2. The van der Waals surface area contributed by atoms with E-state index in [-0.39, 0.29) is 0 Å². The van der Waals surface area contributed by atoms with Crippen molar-refractivity contribution in [3.63, 3.8) is 0 Å². The van der Waals surface area contributed by atoms with Gasteiger partial charge in [-0.05, 0) is 24.6 Å². The third-order valence-electron chi connectivity index (χ3n) is 2.05. The van der Waals surface area contributed by atoms with Gasteiger partial charge in [0.1, 0.15) is 11.5 Å². The molecule has 1 aromatic carbocycles. The Morgan fingerprint density at radius 3 is 2.82 bits per heavy atom. The normalized spacial score (nSPS) is 10.5. The summed E-state index contributed by atoms with van der Waals surface area (Å²) in [6.07, 6.45) is 3.17. The summed E-state index contributed by atoms with van der Waals surface area (Å²) in [5.74, 6) is 1.25. The van der Waals surface area contributed by atoms with Gasteiger partial charge in [0.2, 0.25) is 6.20 Å². The van der Waals surface area contributed by atoms with E-state index in [9.17, 15) is 10.1 Å². The highest BCUT2D eigenvalue weighted by Crippen LogP contribution is 2.25. The molecule has 5 nitrogen and oxygen atoms in total. The van der Waals surface area contributed by atoms with Gasteiger partial charge in [0.25, 0.3) is 0 Å². The van der Waals surface area contributed by atoms with Crippen LogP contribution in [0.15, 0.2) is 24.4 Å². The molecule has 0 aromatic heterocycles. The Bertz CT molecular complexity index is 415. The van der Waals surface area contributed by atoms with Gasteiger partial charge in [-0.3, -0.25) is 10.1 Å². The molecule has 0 saturated heterocycles. The minimum absolute atomic E-state index is 0.515. The van der Waals surface area contributed by atoms with Crippen LogP contribution in [0.3, 0.4) is 0 Å². The van der Waals surface area contributed by atoms with Crippen LogP contribution in [0.5, 0.6) is 11.5 Å². The van der Waals surface area contributed by atoms with E-state index >= 15 is 0 Å². The predicted octanol–water partition coefficient (Wildman–Crippen LogP) is 2.73. The Balaban J connectivity index is 2.93. The minimum atomic E-state index is -0.515. The standard InChI is InChI=1S/C12H15NO4/c1-3-8-17-11-4-5-12(16-2)10(9-11)6-7-13(14)15/h4-7,9H,3,8H2,1-2H3/b7-6+. The summed E-state index contributed by atoms with van der Waals surface area (Å²) in [6.45, 7) is 2.63. The number of ether oxygens (including phenoxy) is 2. The molecule has 0 atom stereocenters. The van der Waals surface area contributed by atoms with Crippen LogP contribution in [-0.2, 0) is 0 Å². The lowest BCUT2D eigenvalue weighted by Crippen LogP contribution is -1.96. The van der Waals surface area contributed by atoms with Gasteiger partial charge in [0.15, 0.2) is 0 Å². The van der Waals surface area contributed by atoms with Gasteiger partial charge in [-0.15, -0.1) is 0 Å². The van der Waals surface area contributed by atoms with Crippen LogP contribution in [0.2, 0.25) is 0 Å². The molecule has 0 aliphatic heterocycles. The minimum Gasteiger partial charge on any atom is -0.496 e. The Hall–Kier alpha value is -2.04. The van der Waals surface area contributed by atoms with E-state index in [2.05, 4.69) is 0 Å². The van der Waals surface area contributed by atoms with Crippen molar-refractivity contribution in [1.29, 1.82) is 0 Å². The van der Waals surface area contributed by atoms with Gasteiger partial charge in [-0.2, -0.15) is 0 Å². The van der Waals surface area contributed by atoms with E-state index in [1.165, 1.54) is 13.2 Å². The van der Waals surface area contributed by atoms with Gasteiger partial charge in [0.05, 0.1) is 18.6 Å². The largest absolute Gasteiger partial charge is 0.496 e. The van der Waals surface area contributed by atoms with Crippen molar-refractivity contribution in [2.75, 3.05) is 13.7 Å². The fraction of sp³-hybridized carbons (Fsp3) is 0.333. The van der Waals surface area contributed by atoms with Crippen LogP contribution >= 0.6 is 0 Å².